The number of imide groups is 1. The lowest BCUT2D eigenvalue weighted by molar-refractivity contribution is -0.136. The Hall–Kier alpha value is -3.03. The van der Waals surface area contributed by atoms with Crippen LogP contribution in [0, 0.1) is 0 Å². The number of carbonyl (C=O) groups excluding carboxylic acids is 2. The average Bonchev–Trinajstić information content (AvgIpc) is 3.14. The quantitative estimate of drug-likeness (QED) is 0.883. The second-order valence-electron chi connectivity index (χ2n) is 7.04. The molecule has 0 aromatic heterocycles. The molecule has 8 heteroatoms. The van der Waals surface area contributed by atoms with Crippen LogP contribution in [0.25, 0.3) is 0 Å². The third-order valence-electron chi connectivity index (χ3n) is 5.46. The first-order chi connectivity index (χ1) is 12.9. The van der Waals surface area contributed by atoms with Crippen molar-refractivity contribution in [3.8, 4) is 5.75 Å². The SMILES string of the molecule is CCCN1C(=O)C2C(N=C3N(c4ccccc4O)C(C)=C(C)N32)N(C)C1=O. The van der Waals surface area contributed by atoms with E-state index in [-0.39, 0.29) is 17.7 Å². The number of amides is 3. The number of carbonyl (C=O) groups is 2. The van der Waals surface area contributed by atoms with Crippen LogP contribution in [0.4, 0.5) is 10.5 Å². The Bertz CT molecular complexity index is 893. The van der Waals surface area contributed by atoms with Crippen LogP contribution in [0.3, 0.4) is 0 Å². The van der Waals surface area contributed by atoms with E-state index in [2.05, 4.69) is 0 Å². The number of urea groups is 1. The smallest absolute Gasteiger partial charge is 0.328 e. The number of likely N-dealkylation sites (N-methyl/N-ethyl adjacent to an activating group) is 1. The highest BCUT2D eigenvalue weighted by atomic mass is 16.3. The van der Waals surface area contributed by atoms with Crippen LogP contribution in [0.5, 0.6) is 5.75 Å². The lowest BCUT2D eigenvalue weighted by Gasteiger charge is -2.40. The zero-order valence-electron chi connectivity index (χ0n) is 15.9. The summed E-state index contributed by atoms with van der Waals surface area (Å²) in [5, 5.41) is 10.3. The van der Waals surface area contributed by atoms with Gasteiger partial charge in [0.25, 0.3) is 5.91 Å². The minimum Gasteiger partial charge on any atom is -0.506 e. The molecule has 3 heterocycles. The van der Waals surface area contributed by atoms with Crippen molar-refractivity contribution in [3.05, 3.63) is 35.7 Å². The van der Waals surface area contributed by atoms with Gasteiger partial charge in [-0.15, -0.1) is 0 Å². The number of aliphatic imine (C=N–C) groups is 1. The van der Waals surface area contributed by atoms with Crippen LogP contribution >= 0.6 is 0 Å². The van der Waals surface area contributed by atoms with Gasteiger partial charge in [0.1, 0.15) is 5.75 Å². The van der Waals surface area contributed by atoms with E-state index in [4.69, 9.17) is 4.99 Å². The molecule has 1 aromatic carbocycles. The first-order valence-corrected chi connectivity index (χ1v) is 9.09. The number of guanidine groups is 1. The number of rotatable bonds is 3. The fourth-order valence-corrected chi connectivity index (χ4v) is 3.98. The van der Waals surface area contributed by atoms with E-state index in [9.17, 15) is 14.7 Å². The van der Waals surface area contributed by atoms with Crippen LogP contribution in [-0.4, -0.2) is 63.5 Å². The minimum absolute atomic E-state index is 0.132. The van der Waals surface area contributed by atoms with E-state index >= 15 is 0 Å². The molecular weight excluding hydrogens is 346 g/mol. The van der Waals surface area contributed by atoms with E-state index < -0.39 is 12.2 Å². The summed E-state index contributed by atoms with van der Waals surface area (Å²) < 4.78 is 0. The lowest BCUT2D eigenvalue weighted by atomic mass is 10.1. The molecule has 4 rings (SSSR count). The van der Waals surface area contributed by atoms with Crippen LogP contribution in [0.2, 0.25) is 0 Å². The Morgan fingerprint density at radius 2 is 1.85 bits per heavy atom. The second kappa shape index (κ2) is 6.00. The number of phenolic OH excluding ortho intramolecular Hbond substituents is 1. The predicted molar refractivity (Wildman–Crippen MR) is 101 cm³/mol. The Morgan fingerprint density at radius 1 is 1.15 bits per heavy atom. The molecule has 3 aliphatic heterocycles. The largest absolute Gasteiger partial charge is 0.506 e. The molecule has 2 unspecified atom stereocenters. The van der Waals surface area contributed by atoms with Crippen LogP contribution in [-0.2, 0) is 4.79 Å². The molecule has 2 atom stereocenters. The van der Waals surface area contributed by atoms with Crippen molar-refractivity contribution in [2.24, 2.45) is 4.99 Å². The molecule has 27 heavy (non-hydrogen) atoms. The topological polar surface area (TPSA) is 79.7 Å². The van der Waals surface area contributed by atoms with Crippen LogP contribution in [0.1, 0.15) is 27.2 Å². The summed E-state index contributed by atoms with van der Waals surface area (Å²) in [6, 6.07) is 6.12. The maximum Gasteiger partial charge on any atom is 0.328 e. The van der Waals surface area contributed by atoms with Gasteiger partial charge >= 0.3 is 6.03 Å². The second-order valence-corrected chi connectivity index (χ2v) is 7.04. The number of nitrogens with zero attached hydrogens (tertiary/aromatic N) is 5. The molecule has 1 aromatic rings. The molecule has 0 bridgehead atoms. The van der Waals surface area contributed by atoms with Gasteiger partial charge in [-0.05, 0) is 32.4 Å². The number of phenols is 1. The van der Waals surface area contributed by atoms with Crippen molar-refractivity contribution < 1.29 is 14.7 Å². The van der Waals surface area contributed by atoms with Crippen LogP contribution in [0.15, 0.2) is 40.7 Å². The Kier molecular flexibility index (Phi) is 3.87. The summed E-state index contributed by atoms with van der Waals surface area (Å²) >= 11 is 0. The third kappa shape index (κ3) is 2.25. The lowest BCUT2D eigenvalue weighted by Crippen LogP contribution is -2.64. The molecule has 0 radical (unpaired) electrons. The third-order valence-corrected chi connectivity index (χ3v) is 5.46. The Balaban J connectivity index is 1.80. The molecule has 142 valence electrons. The van der Waals surface area contributed by atoms with Gasteiger partial charge in [0.15, 0.2) is 12.2 Å². The maximum atomic E-state index is 13.1. The number of hydrogen-bond acceptors (Lipinski definition) is 6. The molecule has 0 spiro atoms. The summed E-state index contributed by atoms with van der Waals surface area (Å²) in [7, 11) is 1.68. The molecule has 0 aliphatic carbocycles. The van der Waals surface area contributed by atoms with Crippen LogP contribution < -0.4 is 4.90 Å². The molecule has 8 nitrogen and oxygen atoms in total. The monoisotopic (exact) mass is 369 g/mol. The van der Waals surface area contributed by atoms with Crippen molar-refractivity contribution in [2.75, 3.05) is 18.5 Å². The van der Waals surface area contributed by atoms with Gasteiger partial charge < -0.3 is 10.0 Å². The van der Waals surface area contributed by atoms with Gasteiger partial charge in [-0.1, -0.05) is 19.1 Å². The number of benzene rings is 1. The van der Waals surface area contributed by atoms with Crippen molar-refractivity contribution in [2.45, 2.75) is 39.4 Å². The van der Waals surface area contributed by atoms with Gasteiger partial charge in [-0.3, -0.25) is 19.5 Å². The normalized spacial score (nSPS) is 24.7. The highest BCUT2D eigenvalue weighted by molar-refractivity contribution is 6.10. The first kappa shape index (κ1) is 17.4. The zero-order chi connectivity index (χ0) is 19.5. The average molecular weight is 369 g/mol. The summed E-state index contributed by atoms with van der Waals surface area (Å²) in [4.78, 5) is 37.0. The number of allylic oxidation sites excluding steroid dienone is 2. The molecular formula is C19H23N5O3. The van der Waals surface area contributed by atoms with E-state index in [1.54, 1.807) is 25.2 Å². The van der Waals surface area contributed by atoms with Gasteiger partial charge in [0.05, 0.1) is 5.69 Å². The Labute approximate surface area is 158 Å². The van der Waals surface area contributed by atoms with Gasteiger partial charge in [0, 0.05) is 25.0 Å². The highest BCUT2D eigenvalue weighted by Crippen LogP contribution is 2.42. The van der Waals surface area contributed by atoms with Crippen molar-refractivity contribution in [1.82, 2.24) is 14.7 Å². The highest BCUT2D eigenvalue weighted by Gasteiger charge is 2.55. The number of aromatic hydroxyl groups is 1. The predicted octanol–water partition coefficient (Wildman–Crippen LogP) is 2.13. The van der Waals surface area contributed by atoms with E-state index in [0.717, 1.165) is 11.4 Å². The van der Waals surface area contributed by atoms with Crippen molar-refractivity contribution >= 4 is 23.6 Å². The van der Waals surface area contributed by atoms with E-state index in [1.807, 2.05) is 36.6 Å². The maximum absolute atomic E-state index is 13.1. The molecule has 1 fully saturated rings. The van der Waals surface area contributed by atoms with Gasteiger partial charge in [0.2, 0.25) is 5.96 Å². The fourth-order valence-electron chi connectivity index (χ4n) is 3.98. The minimum atomic E-state index is -0.583. The van der Waals surface area contributed by atoms with Gasteiger partial charge in [-0.2, -0.15) is 0 Å². The number of hydrogen-bond donors (Lipinski definition) is 1. The number of para-hydroxylation sites is 2. The molecule has 0 saturated carbocycles. The number of anilines is 1. The molecule has 3 aliphatic rings. The van der Waals surface area contributed by atoms with E-state index in [1.165, 1.54) is 9.80 Å². The van der Waals surface area contributed by atoms with E-state index in [0.29, 0.717) is 24.6 Å². The van der Waals surface area contributed by atoms with Crippen molar-refractivity contribution in [1.29, 1.82) is 0 Å². The number of fused-ring (bicyclic) bond motifs is 3. The summed E-state index contributed by atoms with van der Waals surface area (Å²) in [5.74, 6) is 0.468. The standard InChI is InChI=1S/C19H23N5O3/c1-5-10-22-17(26)15-16(21(4)19(22)27)20-18-23(11(2)12(3)24(15)18)13-8-6-7-9-14(13)25/h6-9,15-16,25H,5,10H2,1-4H3. The van der Waals surface area contributed by atoms with Gasteiger partial charge in [-0.25, -0.2) is 9.79 Å². The van der Waals surface area contributed by atoms with Crippen molar-refractivity contribution in [3.63, 3.8) is 0 Å². The molecule has 3 amide bonds. The summed E-state index contributed by atoms with van der Waals surface area (Å²) in [6.45, 7) is 6.19. The summed E-state index contributed by atoms with van der Waals surface area (Å²) in [6.07, 6.45) is 0.124. The first-order valence-electron chi connectivity index (χ1n) is 9.09. The fraction of sp³-hybridized carbons (Fsp3) is 0.421. The summed E-state index contributed by atoms with van der Waals surface area (Å²) in [5.41, 5.74) is 2.38. The molecule has 1 N–H and O–H groups in total. The Morgan fingerprint density at radius 3 is 2.52 bits per heavy atom. The molecule has 1 saturated heterocycles. The zero-order valence-corrected chi connectivity index (χ0v) is 15.9.